The molecule has 1 amide bonds. The molecule has 0 saturated heterocycles. The molecular weight excluding hydrogens is 272 g/mol. The number of carbonyl (C=O) groups is 2. The SMILES string of the molecule is C=CCOC(=O)C(CC(N)=O)S(=O)(=O)O.[H-].[H-].[Na+].[Na+]. The van der Waals surface area contributed by atoms with E-state index < -0.39 is 33.7 Å². The van der Waals surface area contributed by atoms with Gasteiger partial charge in [0.2, 0.25) is 5.91 Å². The van der Waals surface area contributed by atoms with Crippen molar-refractivity contribution in [3.05, 3.63) is 12.7 Å². The zero-order valence-electron chi connectivity index (χ0n) is 11.8. The Kier molecular flexibility index (Phi) is 14.1. The van der Waals surface area contributed by atoms with Crippen LogP contribution < -0.4 is 64.8 Å². The molecule has 7 nitrogen and oxygen atoms in total. The summed E-state index contributed by atoms with van der Waals surface area (Å²) in [5, 5.41) is -1.98. The summed E-state index contributed by atoms with van der Waals surface area (Å²) in [4.78, 5) is 21.5. The van der Waals surface area contributed by atoms with Crippen molar-refractivity contribution in [1.82, 2.24) is 0 Å². The first-order chi connectivity index (χ1) is 6.79. The van der Waals surface area contributed by atoms with Gasteiger partial charge in [-0.05, 0) is 0 Å². The van der Waals surface area contributed by atoms with Gasteiger partial charge in [-0.1, -0.05) is 12.7 Å². The van der Waals surface area contributed by atoms with Crippen molar-refractivity contribution in [3.63, 3.8) is 0 Å². The fraction of sp³-hybridized carbons (Fsp3) is 0.429. The number of esters is 1. The van der Waals surface area contributed by atoms with E-state index in [-0.39, 0.29) is 68.6 Å². The number of carbonyl (C=O) groups excluding carboxylic acids is 2. The summed E-state index contributed by atoms with van der Waals surface area (Å²) in [6.07, 6.45) is 0.387. The predicted octanol–water partition coefficient (Wildman–Crippen LogP) is -6.92. The summed E-state index contributed by atoms with van der Waals surface area (Å²) in [7, 11) is -4.70. The van der Waals surface area contributed by atoms with Crippen LogP contribution in [0.4, 0.5) is 0 Å². The molecule has 3 N–H and O–H groups in total. The van der Waals surface area contributed by atoms with Crippen LogP contribution in [0.5, 0.6) is 0 Å². The Bertz CT molecular complexity index is 378. The van der Waals surface area contributed by atoms with E-state index in [1.165, 1.54) is 6.08 Å². The van der Waals surface area contributed by atoms with E-state index in [9.17, 15) is 18.0 Å². The van der Waals surface area contributed by atoms with Crippen LogP contribution in [-0.2, 0) is 24.4 Å². The van der Waals surface area contributed by atoms with Crippen LogP contribution in [-0.4, -0.2) is 36.7 Å². The van der Waals surface area contributed by atoms with Crippen LogP contribution in [0.25, 0.3) is 0 Å². The monoisotopic (exact) mass is 285 g/mol. The number of ether oxygens (including phenoxy) is 1. The van der Waals surface area contributed by atoms with Gasteiger partial charge >= 0.3 is 65.1 Å². The van der Waals surface area contributed by atoms with Crippen molar-refractivity contribution < 1.29 is 89.3 Å². The predicted molar refractivity (Wildman–Crippen MR) is 52.5 cm³/mol. The Hall–Kier alpha value is 0.590. The standard InChI is InChI=1S/C7H11NO6S.2Na.2H/c1-2-3-14-7(10)5(4-6(8)9)15(11,12)13;;;;/h2,5H,1,3-4H2,(H2,8,9)(H,11,12,13);;;;/q;2*+1;2*-1. The first-order valence-electron chi connectivity index (χ1n) is 3.81. The van der Waals surface area contributed by atoms with Crippen LogP contribution in [0, 0.1) is 0 Å². The first kappa shape index (κ1) is 22.7. The zero-order valence-corrected chi connectivity index (χ0v) is 14.6. The summed E-state index contributed by atoms with van der Waals surface area (Å²) in [6.45, 7) is 3.02. The minimum absolute atomic E-state index is 0. The van der Waals surface area contributed by atoms with Crippen LogP contribution in [0.3, 0.4) is 0 Å². The topological polar surface area (TPSA) is 124 Å². The van der Waals surface area contributed by atoms with Crippen LogP contribution >= 0.6 is 0 Å². The maximum absolute atomic E-state index is 11.1. The molecule has 0 aromatic carbocycles. The number of rotatable bonds is 6. The molecule has 0 saturated carbocycles. The molecule has 1 atom stereocenters. The van der Waals surface area contributed by atoms with Crippen molar-refractivity contribution in [2.24, 2.45) is 5.73 Å². The van der Waals surface area contributed by atoms with Gasteiger partial charge in [0.15, 0.2) is 5.25 Å². The molecule has 0 aliphatic heterocycles. The fourth-order valence-electron chi connectivity index (χ4n) is 0.727. The number of nitrogens with two attached hydrogens (primary N) is 1. The molecule has 0 bridgehead atoms. The Morgan fingerprint density at radius 1 is 1.47 bits per heavy atom. The largest absolute Gasteiger partial charge is 1.00 e. The average Bonchev–Trinajstić information content (AvgIpc) is 2.08. The summed E-state index contributed by atoms with van der Waals surface area (Å²) >= 11 is 0. The fourth-order valence-corrected chi connectivity index (χ4v) is 1.41. The Morgan fingerprint density at radius 3 is 2.24 bits per heavy atom. The van der Waals surface area contributed by atoms with Gasteiger partial charge in [-0.2, -0.15) is 8.42 Å². The molecule has 0 radical (unpaired) electrons. The van der Waals surface area contributed by atoms with Crippen LogP contribution in [0.2, 0.25) is 0 Å². The summed E-state index contributed by atoms with van der Waals surface area (Å²) < 4.78 is 34.4. The van der Waals surface area contributed by atoms with Gasteiger partial charge in [0.25, 0.3) is 10.1 Å². The summed E-state index contributed by atoms with van der Waals surface area (Å²) in [5.41, 5.74) is 4.71. The molecular formula is C7H13NNa2O6S. The molecule has 17 heavy (non-hydrogen) atoms. The molecule has 0 aliphatic rings. The normalized spacial score (nSPS) is 11.4. The summed E-state index contributed by atoms with van der Waals surface area (Å²) in [5.74, 6) is -2.27. The molecule has 0 aromatic rings. The smallest absolute Gasteiger partial charge is 1.00 e. The second kappa shape index (κ2) is 10.5. The zero-order chi connectivity index (χ0) is 12.1. The van der Waals surface area contributed by atoms with Gasteiger partial charge in [0.1, 0.15) is 6.61 Å². The van der Waals surface area contributed by atoms with E-state index >= 15 is 0 Å². The minimum atomic E-state index is -4.70. The van der Waals surface area contributed by atoms with E-state index in [2.05, 4.69) is 11.3 Å². The van der Waals surface area contributed by atoms with Crippen molar-refractivity contribution in [3.8, 4) is 0 Å². The number of hydrogen-bond acceptors (Lipinski definition) is 5. The average molecular weight is 285 g/mol. The number of hydrogen-bond donors (Lipinski definition) is 2. The quantitative estimate of drug-likeness (QED) is 0.216. The van der Waals surface area contributed by atoms with Crippen LogP contribution in [0.15, 0.2) is 12.7 Å². The van der Waals surface area contributed by atoms with Gasteiger partial charge in [-0.25, -0.2) is 0 Å². The third-order valence-corrected chi connectivity index (χ3v) is 2.43. The maximum atomic E-state index is 11.1. The molecule has 0 rings (SSSR count). The second-order valence-corrected chi connectivity index (χ2v) is 4.19. The molecule has 1 unspecified atom stereocenters. The van der Waals surface area contributed by atoms with Gasteiger partial charge in [0, 0.05) is 0 Å². The van der Waals surface area contributed by atoms with Crippen molar-refractivity contribution in [2.75, 3.05) is 6.61 Å². The van der Waals surface area contributed by atoms with Gasteiger partial charge in [0.05, 0.1) is 6.42 Å². The Morgan fingerprint density at radius 2 is 1.94 bits per heavy atom. The Labute approximate surface area is 146 Å². The van der Waals surface area contributed by atoms with E-state index in [0.717, 1.165) is 0 Å². The van der Waals surface area contributed by atoms with Gasteiger partial charge < -0.3 is 13.3 Å². The third kappa shape index (κ3) is 10.2. The van der Waals surface area contributed by atoms with E-state index in [4.69, 9.17) is 10.3 Å². The molecule has 0 aliphatic carbocycles. The molecule has 0 fully saturated rings. The minimum Gasteiger partial charge on any atom is -1.00 e. The van der Waals surface area contributed by atoms with Gasteiger partial charge in [-0.3, -0.25) is 14.1 Å². The molecule has 0 aromatic heterocycles. The third-order valence-electron chi connectivity index (χ3n) is 1.35. The number of amides is 1. The van der Waals surface area contributed by atoms with Gasteiger partial charge in [-0.15, -0.1) is 0 Å². The molecule has 10 heteroatoms. The van der Waals surface area contributed by atoms with E-state index in [0.29, 0.717) is 0 Å². The van der Waals surface area contributed by atoms with Crippen molar-refractivity contribution >= 4 is 22.0 Å². The van der Waals surface area contributed by atoms with E-state index in [1.807, 2.05) is 0 Å². The maximum Gasteiger partial charge on any atom is 1.00 e. The second-order valence-electron chi connectivity index (χ2n) is 2.59. The number of primary amides is 1. The summed E-state index contributed by atoms with van der Waals surface area (Å²) in [6, 6.07) is 0. The first-order valence-corrected chi connectivity index (χ1v) is 5.31. The Balaban J connectivity index is -0.000000163. The van der Waals surface area contributed by atoms with Crippen molar-refractivity contribution in [2.45, 2.75) is 11.7 Å². The molecule has 0 spiro atoms. The van der Waals surface area contributed by atoms with Crippen LogP contribution in [0.1, 0.15) is 9.27 Å². The molecule has 0 heterocycles. The molecule has 90 valence electrons. The van der Waals surface area contributed by atoms with Crippen molar-refractivity contribution in [1.29, 1.82) is 0 Å². The van der Waals surface area contributed by atoms with E-state index in [1.54, 1.807) is 0 Å².